The van der Waals surface area contributed by atoms with Gasteiger partial charge in [-0.05, 0) is 45.0 Å². The van der Waals surface area contributed by atoms with Crippen LogP contribution in [-0.4, -0.2) is 43.6 Å². The van der Waals surface area contributed by atoms with Crippen LogP contribution in [0.4, 0.5) is 14.3 Å². The fraction of sp³-hybridized carbons (Fsp3) is 0.333. The highest BCUT2D eigenvalue weighted by Crippen LogP contribution is 2.29. The van der Waals surface area contributed by atoms with E-state index in [1.807, 2.05) is 20.8 Å². The number of thiazole rings is 1. The van der Waals surface area contributed by atoms with Gasteiger partial charge in [0.2, 0.25) is 0 Å². The van der Waals surface area contributed by atoms with Crippen LogP contribution in [0.3, 0.4) is 0 Å². The number of carbonyl (C=O) groups excluding carboxylic acids is 2. The first-order chi connectivity index (χ1) is 14.7. The summed E-state index contributed by atoms with van der Waals surface area (Å²) in [5, 5.41) is 3.26. The second kappa shape index (κ2) is 8.10. The molecule has 0 spiro atoms. The molecule has 0 fully saturated rings. The van der Waals surface area contributed by atoms with Crippen molar-refractivity contribution in [3.8, 4) is 5.69 Å². The Hall–Kier alpha value is -3.27. The van der Waals surface area contributed by atoms with E-state index < -0.39 is 5.60 Å². The van der Waals surface area contributed by atoms with E-state index in [1.54, 1.807) is 21.6 Å². The molecule has 0 saturated heterocycles. The lowest BCUT2D eigenvalue weighted by Gasteiger charge is -2.29. The van der Waals surface area contributed by atoms with E-state index in [0.29, 0.717) is 36.0 Å². The van der Waals surface area contributed by atoms with Crippen molar-refractivity contribution in [3.63, 3.8) is 0 Å². The Morgan fingerprint density at radius 1 is 1.23 bits per heavy atom. The number of halogens is 1. The number of ether oxygens (including phenoxy) is 1. The first-order valence-corrected chi connectivity index (χ1v) is 10.6. The minimum atomic E-state index is -0.558. The number of imidazole rings is 1. The van der Waals surface area contributed by atoms with Crippen LogP contribution in [0.1, 0.15) is 41.8 Å². The Bertz CT molecular complexity index is 1120. The number of fused-ring (bicyclic) bond motifs is 1. The number of rotatable bonds is 3. The van der Waals surface area contributed by atoms with E-state index in [4.69, 9.17) is 4.74 Å². The van der Waals surface area contributed by atoms with Crippen LogP contribution in [-0.2, 0) is 17.7 Å². The lowest BCUT2D eigenvalue weighted by molar-refractivity contribution is 0.0225. The van der Waals surface area contributed by atoms with Gasteiger partial charge in [-0.1, -0.05) is 11.3 Å². The molecular formula is C21H22FN5O3S. The molecule has 0 bridgehead atoms. The Morgan fingerprint density at radius 2 is 1.97 bits per heavy atom. The van der Waals surface area contributed by atoms with Gasteiger partial charge in [-0.3, -0.25) is 14.7 Å². The van der Waals surface area contributed by atoms with E-state index >= 15 is 0 Å². The summed E-state index contributed by atoms with van der Waals surface area (Å²) in [5.74, 6) is -0.736. The maximum absolute atomic E-state index is 13.2. The van der Waals surface area contributed by atoms with Crippen molar-refractivity contribution in [1.29, 1.82) is 0 Å². The molecule has 1 aromatic carbocycles. The standard InChI is InChI=1S/C21H22FN5O3S/c1-21(2,3)30-20(29)26-9-8-15-17(11-26)31-19(24-15)25-18(28)16-10-23-12-27(16)14-6-4-13(22)5-7-14/h4-7,10,12H,8-9,11H2,1-3H3,(H,24,25,28). The predicted molar refractivity (Wildman–Crippen MR) is 114 cm³/mol. The molecular weight excluding hydrogens is 421 g/mol. The molecule has 10 heteroatoms. The summed E-state index contributed by atoms with van der Waals surface area (Å²) in [6.07, 6.45) is 3.17. The zero-order valence-corrected chi connectivity index (χ0v) is 18.2. The number of hydrogen-bond donors (Lipinski definition) is 1. The number of carbonyl (C=O) groups is 2. The molecule has 1 aliphatic heterocycles. The molecule has 4 rings (SSSR count). The number of nitrogens with zero attached hydrogens (tertiary/aromatic N) is 4. The minimum absolute atomic E-state index is 0.301. The second-order valence-electron chi connectivity index (χ2n) is 8.12. The van der Waals surface area contributed by atoms with Crippen molar-refractivity contribution in [2.45, 2.75) is 39.3 Å². The van der Waals surface area contributed by atoms with Crippen LogP contribution < -0.4 is 5.32 Å². The van der Waals surface area contributed by atoms with Gasteiger partial charge >= 0.3 is 6.09 Å². The molecule has 0 atom stereocenters. The maximum atomic E-state index is 13.2. The number of benzene rings is 1. The van der Waals surface area contributed by atoms with Crippen molar-refractivity contribution < 1.29 is 18.7 Å². The van der Waals surface area contributed by atoms with Crippen molar-refractivity contribution >= 4 is 28.5 Å². The van der Waals surface area contributed by atoms with Crippen molar-refractivity contribution in [2.24, 2.45) is 0 Å². The molecule has 0 radical (unpaired) electrons. The van der Waals surface area contributed by atoms with E-state index in [0.717, 1.165) is 10.6 Å². The third-order valence-corrected chi connectivity index (χ3v) is 5.58. The average molecular weight is 444 g/mol. The number of hydrogen-bond acceptors (Lipinski definition) is 6. The normalized spacial score (nSPS) is 13.6. The third-order valence-electron chi connectivity index (χ3n) is 4.58. The Kier molecular flexibility index (Phi) is 5.48. The molecule has 3 aromatic rings. The van der Waals surface area contributed by atoms with Crippen LogP contribution in [0, 0.1) is 5.82 Å². The topological polar surface area (TPSA) is 89.3 Å². The van der Waals surface area contributed by atoms with Gasteiger partial charge in [-0.15, -0.1) is 0 Å². The molecule has 2 amide bonds. The Labute approximate surface area is 182 Å². The van der Waals surface area contributed by atoms with Gasteiger partial charge in [0.25, 0.3) is 5.91 Å². The minimum Gasteiger partial charge on any atom is -0.444 e. The number of amides is 2. The van der Waals surface area contributed by atoms with Crippen molar-refractivity contribution in [3.05, 3.63) is 58.9 Å². The smallest absolute Gasteiger partial charge is 0.410 e. The highest BCUT2D eigenvalue weighted by atomic mass is 32.1. The fourth-order valence-electron chi connectivity index (χ4n) is 3.16. The monoisotopic (exact) mass is 443 g/mol. The summed E-state index contributed by atoms with van der Waals surface area (Å²) in [4.78, 5) is 36.3. The first-order valence-electron chi connectivity index (χ1n) is 9.76. The molecule has 31 heavy (non-hydrogen) atoms. The predicted octanol–water partition coefficient (Wildman–Crippen LogP) is 4.01. The summed E-state index contributed by atoms with van der Waals surface area (Å²) in [7, 11) is 0. The van der Waals surface area contributed by atoms with Gasteiger partial charge in [-0.2, -0.15) is 0 Å². The van der Waals surface area contributed by atoms with Gasteiger partial charge in [0.05, 0.1) is 24.8 Å². The second-order valence-corrected chi connectivity index (χ2v) is 9.20. The van der Waals surface area contributed by atoms with Crippen molar-refractivity contribution in [2.75, 3.05) is 11.9 Å². The summed E-state index contributed by atoms with van der Waals surface area (Å²) in [5.41, 5.74) is 1.23. The highest BCUT2D eigenvalue weighted by molar-refractivity contribution is 7.15. The molecule has 2 aromatic heterocycles. The number of aromatic nitrogens is 3. The van der Waals surface area contributed by atoms with Crippen LogP contribution in [0.25, 0.3) is 5.69 Å². The van der Waals surface area contributed by atoms with E-state index in [-0.39, 0.29) is 17.8 Å². The SMILES string of the molecule is CC(C)(C)OC(=O)N1CCc2nc(NC(=O)c3cncn3-c3ccc(F)cc3)sc2C1. The third kappa shape index (κ3) is 4.74. The molecule has 1 aliphatic rings. The summed E-state index contributed by atoms with van der Waals surface area (Å²) >= 11 is 1.33. The van der Waals surface area contributed by atoms with E-state index in [9.17, 15) is 14.0 Å². The zero-order chi connectivity index (χ0) is 22.2. The quantitative estimate of drug-likeness (QED) is 0.661. The van der Waals surface area contributed by atoms with Crippen LogP contribution in [0.2, 0.25) is 0 Å². The molecule has 0 aliphatic carbocycles. The maximum Gasteiger partial charge on any atom is 0.410 e. The van der Waals surface area contributed by atoms with Crippen molar-refractivity contribution in [1.82, 2.24) is 19.4 Å². The zero-order valence-electron chi connectivity index (χ0n) is 17.4. The van der Waals surface area contributed by atoms with E-state index in [1.165, 1.54) is 36.0 Å². The van der Waals surface area contributed by atoms with Crippen LogP contribution in [0.15, 0.2) is 36.8 Å². The van der Waals surface area contributed by atoms with Gasteiger partial charge in [0.1, 0.15) is 17.1 Å². The van der Waals surface area contributed by atoms with Crippen LogP contribution in [0.5, 0.6) is 0 Å². The van der Waals surface area contributed by atoms with Gasteiger partial charge < -0.3 is 9.64 Å². The summed E-state index contributed by atoms with van der Waals surface area (Å²) in [6, 6.07) is 5.78. The molecule has 0 unspecified atom stereocenters. The van der Waals surface area contributed by atoms with Crippen LogP contribution >= 0.6 is 11.3 Å². The largest absolute Gasteiger partial charge is 0.444 e. The lowest BCUT2D eigenvalue weighted by atomic mass is 10.2. The average Bonchev–Trinajstić information content (AvgIpc) is 3.33. The fourth-order valence-corrected chi connectivity index (χ4v) is 4.18. The molecule has 1 N–H and O–H groups in total. The van der Waals surface area contributed by atoms with Gasteiger partial charge in [0.15, 0.2) is 5.13 Å². The molecule has 0 saturated carbocycles. The lowest BCUT2D eigenvalue weighted by Crippen LogP contribution is -2.39. The Balaban J connectivity index is 1.47. The molecule has 8 nitrogen and oxygen atoms in total. The summed E-state index contributed by atoms with van der Waals surface area (Å²) < 4.78 is 20.2. The molecule has 162 valence electrons. The number of anilines is 1. The Morgan fingerprint density at radius 3 is 2.68 bits per heavy atom. The van der Waals surface area contributed by atoms with Gasteiger partial charge in [0, 0.05) is 23.5 Å². The first kappa shape index (κ1) is 21.0. The van der Waals surface area contributed by atoms with E-state index in [2.05, 4.69) is 15.3 Å². The highest BCUT2D eigenvalue weighted by Gasteiger charge is 2.28. The molecule has 3 heterocycles. The summed E-state index contributed by atoms with van der Waals surface area (Å²) in [6.45, 7) is 6.40. The number of nitrogens with one attached hydrogen (secondary N) is 1. The van der Waals surface area contributed by atoms with Gasteiger partial charge in [-0.25, -0.2) is 19.2 Å².